The molecule has 0 saturated heterocycles. The fourth-order valence-corrected chi connectivity index (χ4v) is 3.49. The van der Waals surface area contributed by atoms with Crippen molar-refractivity contribution in [2.45, 2.75) is 11.4 Å². The van der Waals surface area contributed by atoms with E-state index < -0.39 is 15.9 Å². The Labute approximate surface area is 163 Å². The number of hydrogen-bond donors (Lipinski definition) is 2. The topological polar surface area (TPSA) is 101 Å². The number of aromatic nitrogens is 1. The van der Waals surface area contributed by atoms with Gasteiger partial charge in [-0.25, -0.2) is 18.1 Å². The molecule has 8 heteroatoms. The SMILES string of the molecule is C=CCNS(=O)(=O)c1cccc(C(=O)NCc2ncc(-c3ccccc3)o2)c1. The minimum Gasteiger partial charge on any atom is -0.439 e. The summed E-state index contributed by atoms with van der Waals surface area (Å²) in [6.07, 6.45) is 3.03. The Morgan fingerprint density at radius 1 is 1.14 bits per heavy atom. The van der Waals surface area contributed by atoms with Crippen molar-refractivity contribution in [3.63, 3.8) is 0 Å². The van der Waals surface area contributed by atoms with Crippen LogP contribution in [0.15, 0.2) is 82.8 Å². The molecule has 0 unspecified atom stereocenters. The van der Waals surface area contributed by atoms with E-state index >= 15 is 0 Å². The van der Waals surface area contributed by atoms with Gasteiger partial charge in [0.1, 0.15) is 0 Å². The molecule has 0 bridgehead atoms. The number of oxazole rings is 1. The van der Waals surface area contributed by atoms with E-state index in [-0.39, 0.29) is 23.5 Å². The molecule has 0 atom stereocenters. The molecule has 0 aliphatic carbocycles. The summed E-state index contributed by atoms with van der Waals surface area (Å²) in [7, 11) is -3.70. The lowest BCUT2D eigenvalue weighted by atomic mass is 10.2. The predicted octanol–water partition coefficient (Wildman–Crippen LogP) is 2.74. The molecule has 3 aromatic rings. The van der Waals surface area contributed by atoms with Gasteiger partial charge in [0.05, 0.1) is 17.6 Å². The highest BCUT2D eigenvalue weighted by molar-refractivity contribution is 7.89. The normalized spacial score (nSPS) is 11.1. The Bertz CT molecular complexity index is 1080. The number of benzene rings is 2. The zero-order valence-electron chi connectivity index (χ0n) is 15.0. The molecule has 28 heavy (non-hydrogen) atoms. The van der Waals surface area contributed by atoms with Crippen molar-refractivity contribution >= 4 is 15.9 Å². The lowest BCUT2D eigenvalue weighted by Crippen LogP contribution is -2.25. The zero-order valence-corrected chi connectivity index (χ0v) is 15.8. The van der Waals surface area contributed by atoms with E-state index in [1.54, 1.807) is 6.20 Å². The van der Waals surface area contributed by atoms with Crippen molar-refractivity contribution in [2.75, 3.05) is 6.54 Å². The highest BCUT2D eigenvalue weighted by Gasteiger charge is 2.16. The highest BCUT2D eigenvalue weighted by atomic mass is 32.2. The van der Waals surface area contributed by atoms with E-state index in [0.717, 1.165) is 5.56 Å². The molecule has 1 heterocycles. The van der Waals surface area contributed by atoms with Crippen LogP contribution >= 0.6 is 0 Å². The van der Waals surface area contributed by atoms with Crippen molar-refractivity contribution in [3.8, 4) is 11.3 Å². The Morgan fingerprint density at radius 3 is 2.68 bits per heavy atom. The number of amides is 1. The molecule has 0 aliphatic rings. The first-order chi connectivity index (χ1) is 13.5. The summed E-state index contributed by atoms with van der Waals surface area (Å²) in [6, 6.07) is 15.3. The first-order valence-electron chi connectivity index (χ1n) is 8.48. The van der Waals surface area contributed by atoms with Gasteiger partial charge < -0.3 is 9.73 Å². The second kappa shape index (κ2) is 8.64. The van der Waals surface area contributed by atoms with Gasteiger partial charge in [-0.15, -0.1) is 6.58 Å². The fraction of sp³-hybridized carbons (Fsp3) is 0.100. The molecule has 0 radical (unpaired) electrons. The number of carbonyl (C=O) groups excluding carboxylic acids is 1. The Morgan fingerprint density at radius 2 is 1.93 bits per heavy atom. The molecular weight excluding hydrogens is 378 g/mol. The standard InChI is InChI=1S/C20H19N3O4S/c1-2-11-23-28(25,26)17-10-6-9-16(12-17)20(24)22-14-19-21-13-18(27-19)15-7-4-3-5-8-15/h2-10,12-13,23H,1,11,14H2,(H,22,24). The Balaban J connectivity index is 1.67. The Hall–Kier alpha value is -3.23. The number of nitrogens with one attached hydrogen (secondary N) is 2. The van der Waals surface area contributed by atoms with Crippen molar-refractivity contribution in [1.29, 1.82) is 0 Å². The van der Waals surface area contributed by atoms with Crippen LogP contribution in [0.2, 0.25) is 0 Å². The summed E-state index contributed by atoms with van der Waals surface area (Å²) in [5, 5.41) is 2.68. The van der Waals surface area contributed by atoms with Gasteiger partial charge in [-0.1, -0.05) is 42.5 Å². The largest absolute Gasteiger partial charge is 0.439 e. The summed E-state index contributed by atoms with van der Waals surface area (Å²) in [5.41, 5.74) is 1.11. The smallest absolute Gasteiger partial charge is 0.251 e. The van der Waals surface area contributed by atoms with Crippen LogP contribution in [0.5, 0.6) is 0 Å². The molecule has 0 saturated carbocycles. The van der Waals surface area contributed by atoms with Gasteiger partial charge in [0, 0.05) is 17.7 Å². The van der Waals surface area contributed by atoms with Crippen LogP contribution in [-0.4, -0.2) is 25.9 Å². The first-order valence-corrected chi connectivity index (χ1v) is 9.97. The summed E-state index contributed by atoms with van der Waals surface area (Å²) in [6.45, 7) is 3.66. The third-order valence-corrected chi connectivity index (χ3v) is 5.26. The molecule has 0 spiro atoms. The maximum atomic E-state index is 12.4. The number of carbonyl (C=O) groups is 1. The van der Waals surface area contributed by atoms with Gasteiger partial charge in [0.15, 0.2) is 5.76 Å². The number of rotatable bonds is 8. The molecule has 144 valence electrons. The maximum Gasteiger partial charge on any atom is 0.251 e. The monoisotopic (exact) mass is 397 g/mol. The van der Waals surface area contributed by atoms with E-state index in [1.807, 2.05) is 30.3 Å². The Kier molecular flexibility index (Phi) is 6.03. The molecule has 2 N–H and O–H groups in total. The summed E-state index contributed by atoms with van der Waals surface area (Å²) < 4.78 is 32.3. The summed E-state index contributed by atoms with van der Waals surface area (Å²) in [4.78, 5) is 16.5. The lowest BCUT2D eigenvalue weighted by molar-refractivity contribution is 0.0947. The lowest BCUT2D eigenvalue weighted by Gasteiger charge is -2.07. The average Bonchev–Trinajstić information content (AvgIpc) is 3.20. The van der Waals surface area contributed by atoms with Crippen LogP contribution in [0, 0.1) is 0 Å². The van der Waals surface area contributed by atoms with Crippen LogP contribution in [0.1, 0.15) is 16.2 Å². The third-order valence-electron chi connectivity index (χ3n) is 3.84. The number of hydrogen-bond acceptors (Lipinski definition) is 5. The molecule has 3 rings (SSSR count). The summed E-state index contributed by atoms with van der Waals surface area (Å²) >= 11 is 0. The zero-order chi connectivity index (χ0) is 20.0. The van der Waals surface area contributed by atoms with Crippen LogP contribution in [0.3, 0.4) is 0 Å². The fourth-order valence-electron chi connectivity index (χ4n) is 2.44. The van der Waals surface area contributed by atoms with Crippen molar-refractivity contribution in [3.05, 3.63) is 84.9 Å². The van der Waals surface area contributed by atoms with Crippen LogP contribution in [-0.2, 0) is 16.6 Å². The van der Waals surface area contributed by atoms with Gasteiger partial charge in [0.2, 0.25) is 15.9 Å². The predicted molar refractivity (Wildman–Crippen MR) is 105 cm³/mol. The van der Waals surface area contributed by atoms with Crippen LogP contribution in [0.25, 0.3) is 11.3 Å². The molecule has 2 aromatic carbocycles. The third kappa shape index (κ3) is 4.73. The van der Waals surface area contributed by atoms with Gasteiger partial charge in [0.25, 0.3) is 5.91 Å². The van der Waals surface area contributed by atoms with E-state index in [2.05, 4.69) is 21.6 Å². The van der Waals surface area contributed by atoms with Gasteiger partial charge in [-0.3, -0.25) is 4.79 Å². The number of nitrogens with zero attached hydrogens (tertiary/aromatic N) is 1. The van der Waals surface area contributed by atoms with E-state index in [0.29, 0.717) is 11.7 Å². The maximum absolute atomic E-state index is 12.4. The average molecular weight is 397 g/mol. The van der Waals surface area contributed by atoms with E-state index in [4.69, 9.17) is 4.42 Å². The van der Waals surface area contributed by atoms with Crippen molar-refractivity contribution in [2.24, 2.45) is 0 Å². The van der Waals surface area contributed by atoms with E-state index in [1.165, 1.54) is 30.3 Å². The minimum atomic E-state index is -3.70. The molecule has 7 nitrogen and oxygen atoms in total. The highest BCUT2D eigenvalue weighted by Crippen LogP contribution is 2.19. The van der Waals surface area contributed by atoms with Crippen molar-refractivity contribution < 1.29 is 17.6 Å². The quantitative estimate of drug-likeness (QED) is 0.569. The van der Waals surface area contributed by atoms with Gasteiger partial charge >= 0.3 is 0 Å². The van der Waals surface area contributed by atoms with Gasteiger partial charge in [-0.2, -0.15) is 0 Å². The number of sulfonamides is 1. The second-order valence-corrected chi connectivity index (χ2v) is 7.60. The summed E-state index contributed by atoms with van der Waals surface area (Å²) in [5.74, 6) is 0.523. The van der Waals surface area contributed by atoms with Crippen LogP contribution in [0.4, 0.5) is 0 Å². The molecule has 1 amide bonds. The minimum absolute atomic E-state index is 0.00416. The second-order valence-electron chi connectivity index (χ2n) is 5.84. The van der Waals surface area contributed by atoms with Gasteiger partial charge in [-0.05, 0) is 18.2 Å². The molecule has 1 aromatic heterocycles. The van der Waals surface area contributed by atoms with E-state index in [9.17, 15) is 13.2 Å². The molecular formula is C20H19N3O4S. The van der Waals surface area contributed by atoms with Crippen LogP contribution < -0.4 is 10.0 Å². The molecule has 0 aliphatic heterocycles. The molecule has 0 fully saturated rings. The van der Waals surface area contributed by atoms with Crippen molar-refractivity contribution in [1.82, 2.24) is 15.0 Å². The first kappa shape index (κ1) is 19.5.